The van der Waals surface area contributed by atoms with Gasteiger partial charge in [-0.2, -0.15) is 0 Å². The third-order valence-electron chi connectivity index (χ3n) is 2.71. The van der Waals surface area contributed by atoms with Crippen molar-refractivity contribution in [3.05, 3.63) is 56.4 Å². The maximum absolute atomic E-state index is 10.9. The van der Waals surface area contributed by atoms with Gasteiger partial charge in [0.2, 0.25) is 0 Å². The number of hydrogen-bond donors (Lipinski definition) is 1. The molecule has 2 aromatic rings. The first-order valence-corrected chi connectivity index (χ1v) is 6.89. The highest BCUT2D eigenvalue weighted by molar-refractivity contribution is 9.10. The van der Waals surface area contributed by atoms with Crippen molar-refractivity contribution in [1.29, 1.82) is 0 Å². The minimum atomic E-state index is -0.385. The van der Waals surface area contributed by atoms with Gasteiger partial charge in [0.25, 0.3) is 5.69 Å². The Bertz CT molecular complexity index is 634. The largest absolute Gasteiger partial charge is 0.366 e. The third kappa shape index (κ3) is 3.51. The molecule has 1 heterocycles. The van der Waals surface area contributed by atoms with Gasteiger partial charge in [0.05, 0.1) is 4.92 Å². The van der Waals surface area contributed by atoms with Gasteiger partial charge in [-0.25, -0.2) is 9.97 Å². The highest BCUT2D eigenvalue weighted by atomic mass is 79.9. The lowest BCUT2D eigenvalue weighted by Crippen LogP contribution is -2.06. The molecule has 0 saturated carbocycles. The molecule has 0 spiro atoms. The minimum Gasteiger partial charge on any atom is -0.366 e. The van der Waals surface area contributed by atoms with Crippen LogP contribution in [0.25, 0.3) is 0 Å². The highest BCUT2D eigenvalue weighted by Crippen LogP contribution is 2.19. The van der Waals surface area contributed by atoms with E-state index in [1.807, 2.05) is 6.92 Å². The van der Waals surface area contributed by atoms with Crippen molar-refractivity contribution < 1.29 is 4.92 Å². The first-order chi connectivity index (χ1) is 9.60. The smallest absolute Gasteiger partial charge is 0.274 e. The van der Waals surface area contributed by atoms with Crippen LogP contribution in [0.3, 0.4) is 0 Å². The number of nitro benzene ring substituents is 1. The summed E-state index contributed by atoms with van der Waals surface area (Å²) >= 11 is 3.32. The SMILES string of the molecule is CCc1nc(Br)cc(NCc2ccccc2[N+](=O)[O-])n1. The molecule has 0 bridgehead atoms. The van der Waals surface area contributed by atoms with Crippen LogP contribution in [0.4, 0.5) is 11.5 Å². The number of hydrogen-bond acceptors (Lipinski definition) is 5. The van der Waals surface area contributed by atoms with E-state index >= 15 is 0 Å². The number of para-hydroxylation sites is 1. The lowest BCUT2D eigenvalue weighted by molar-refractivity contribution is -0.385. The average molecular weight is 337 g/mol. The van der Waals surface area contributed by atoms with Gasteiger partial charge in [-0.05, 0) is 15.9 Å². The number of anilines is 1. The van der Waals surface area contributed by atoms with E-state index in [-0.39, 0.29) is 10.6 Å². The summed E-state index contributed by atoms with van der Waals surface area (Å²) in [6.07, 6.45) is 0.722. The molecule has 1 aromatic heterocycles. The molecule has 0 radical (unpaired) electrons. The second-order valence-corrected chi connectivity index (χ2v) is 4.90. The molecule has 0 atom stereocenters. The molecule has 1 N–H and O–H groups in total. The molecule has 0 fully saturated rings. The summed E-state index contributed by atoms with van der Waals surface area (Å²) in [5, 5.41) is 14.0. The number of nitrogens with one attached hydrogen (secondary N) is 1. The average Bonchev–Trinajstić information content (AvgIpc) is 2.44. The number of aryl methyl sites for hydroxylation is 1. The van der Waals surface area contributed by atoms with E-state index in [1.54, 1.807) is 24.3 Å². The number of aromatic nitrogens is 2. The van der Waals surface area contributed by atoms with Crippen LogP contribution in [0, 0.1) is 10.1 Å². The van der Waals surface area contributed by atoms with Gasteiger partial charge in [-0.15, -0.1) is 0 Å². The summed E-state index contributed by atoms with van der Waals surface area (Å²) in [4.78, 5) is 19.1. The van der Waals surface area contributed by atoms with Crippen molar-refractivity contribution in [3.63, 3.8) is 0 Å². The van der Waals surface area contributed by atoms with Crippen LogP contribution in [0.15, 0.2) is 34.9 Å². The summed E-state index contributed by atoms with van der Waals surface area (Å²) in [5.41, 5.74) is 0.717. The molecule has 104 valence electrons. The van der Waals surface area contributed by atoms with Gasteiger partial charge in [-0.3, -0.25) is 10.1 Å². The number of benzene rings is 1. The fourth-order valence-electron chi connectivity index (χ4n) is 1.74. The lowest BCUT2D eigenvalue weighted by atomic mass is 10.2. The summed E-state index contributed by atoms with van der Waals surface area (Å²) in [6.45, 7) is 2.30. The maximum Gasteiger partial charge on any atom is 0.274 e. The van der Waals surface area contributed by atoms with Gasteiger partial charge in [0.15, 0.2) is 0 Å². The number of rotatable bonds is 5. The number of nitro groups is 1. The molecule has 0 aliphatic carbocycles. The van der Waals surface area contributed by atoms with Crippen LogP contribution in [0.2, 0.25) is 0 Å². The van der Waals surface area contributed by atoms with E-state index in [4.69, 9.17) is 0 Å². The summed E-state index contributed by atoms with van der Waals surface area (Å²) in [7, 11) is 0. The van der Waals surface area contributed by atoms with Crippen molar-refractivity contribution in [2.24, 2.45) is 0 Å². The van der Waals surface area contributed by atoms with Gasteiger partial charge in [-0.1, -0.05) is 25.1 Å². The molecule has 1 aromatic carbocycles. The van der Waals surface area contributed by atoms with Crippen molar-refractivity contribution in [1.82, 2.24) is 9.97 Å². The molecule has 20 heavy (non-hydrogen) atoms. The van der Waals surface area contributed by atoms with E-state index in [9.17, 15) is 10.1 Å². The Morgan fingerprint density at radius 1 is 1.35 bits per heavy atom. The molecular weight excluding hydrogens is 324 g/mol. The second kappa shape index (κ2) is 6.42. The maximum atomic E-state index is 10.9. The van der Waals surface area contributed by atoms with Crippen molar-refractivity contribution >= 4 is 27.4 Å². The topological polar surface area (TPSA) is 81.0 Å². The Kier molecular flexibility index (Phi) is 4.62. The van der Waals surface area contributed by atoms with Crippen molar-refractivity contribution in [2.45, 2.75) is 19.9 Å². The zero-order chi connectivity index (χ0) is 14.5. The Morgan fingerprint density at radius 2 is 2.10 bits per heavy atom. The number of nitrogens with zero attached hydrogens (tertiary/aromatic N) is 3. The molecule has 7 heteroatoms. The zero-order valence-electron chi connectivity index (χ0n) is 10.8. The molecule has 0 aliphatic rings. The van der Waals surface area contributed by atoms with Crippen LogP contribution in [0.5, 0.6) is 0 Å². The molecule has 0 aliphatic heterocycles. The second-order valence-electron chi connectivity index (χ2n) is 4.09. The van der Waals surface area contributed by atoms with E-state index in [2.05, 4.69) is 31.2 Å². The quantitative estimate of drug-likeness (QED) is 0.514. The van der Waals surface area contributed by atoms with E-state index in [0.29, 0.717) is 28.4 Å². The number of halogens is 1. The molecule has 0 unspecified atom stereocenters. The molecule has 2 rings (SSSR count). The van der Waals surface area contributed by atoms with E-state index in [0.717, 1.165) is 6.42 Å². The van der Waals surface area contributed by atoms with Crippen molar-refractivity contribution in [2.75, 3.05) is 5.32 Å². The van der Waals surface area contributed by atoms with Gasteiger partial charge in [0, 0.05) is 30.7 Å². The normalized spacial score (nSPS) is 10.3. The van der Waals surface area contributed by atoms with Crippen molar-refractivity contribution in [3.8, 4) is 0 Å². The minimum absolute atomic E-state index is 0.101. The van der Waals surface area contributed by atoms with Crippen LogP contribution in [-0.4, -0.2) is 14.9 Å². The summed E-state index contributed by atoms with van der Waals surface area (Å²) in [6, 6.07) is 8.38. The first kappa shape index (κ1) is 14.4. The third-order valence-corrected chi connectivity index (χ3v) is 3.11. The summed E-state index contributed by atoms with van der Waals surface area (Å²) < 4.78 is 0.689. The van der Waals surface area contributed by atoms with E-state index < -0.39 is 0 Å². The molecular formula is C13H13BrN4O2. The Morgan fingerprint density at radius 3 is 2.80 bits per heavy atom. The van der Waals surface area contributed by atoms with Crippen LogP contribution in [-0.2, 0) is 13.0 Å². The van der Waals surface area contributed by atoms with Crippen LogP contribution < -0.4 is 5.32 Å². The fraction of sp³-hybridized carbons (Fsp3) is 0.231. The van der Waals surface area contributed by atoms with Gasteiger partial charge >= 0.3 is 0 Å². The first-order valence-electron chi connectivity index (χ1n) is 6.09. The molecule has 0 amide bonds. The van der Waals surface area contributed by atoms with Crippen LogP contribution in [0.1, 0.15) is 18.3 Å². The van der Waals surface area contributed by atoms with Crippen LogP contribution >= 0.6 is 15.9 Å². The van der Waals surface area contributed by atoms with Gasteiger partial charge < -0.3 is 5.32 Å². The zero-order valence-corrected chi connectivity index (χ0v) is 12.4. The predicted octanol–water partition coefficient (Wildman–Crippen LogP) is 3.32. The lowest BCUT2D eigenvalue weighted by Gasteiger charge is -2.08. The Labute approximate surface area is 124 Å². The van der Waals surface area contributed by atoms with Gasteiger partial charge in [0.1, 0.15) is 16.2 Å². The predicted molar refractivity (Wildman–Crippen MR) is 79.5 cm³/mol. The standard InChI is InChI=1S/C13H13BrN4O2/c1-2-12-16-11(14)7-13(17-12)15-8-9-5-3-4-6-10(9)18(19)20/h3-7H,2,8H2,1H3,(H,15,16,17). The summed E-state index contributed by atoms with van der Waals surface area (Å²) in [5.74, 6) is 1.35. The highest BCUT2D eigenvalue weighted by Gasteiger charge is 2.12. The Balaban J connectivity index is 2.17. The molecule has 0 saturated heterocycles. The fourth-order valence-corrected chi connectivity index (χ4v) is 2.16. The van der Waals surface area contributed by atoms with E-state index in [1.165, 1.54) is 6.07 Å². The molecule has 6 nitrogen and oxygen atoms in total. The monoisotopic (exact) mass is 336 g/mol. The Hall–Kier alpha value is -2.02.